The van der Waals surface area contributed by atoms with Crippen LogP contribution in [-0.4, -0.2) is 34.9 Å². The quantitative estimate of drug-likeness (QED) is 0.801. The number of carbonyl (C=O) groups excluding carboxylic acids is 3. The van der Waals surface area contributed by atoms with Crippen LogP contribution in [0.15, 0.2) is 12.2 Å². The second-order valence-corrected chi connectivity index (χ2v) is 7.79. The molecule has 0 aromatic carbocycles. The minimum atomic E-state index is -1.05. The molecule has 0 saturated heterocycles. The molecule has 0 unspecified atom stereocenters. The summed E-state index contributed by atoms with van der Waals surface area (Å²) in [7, 11) is 0. The van der Waals surface area contributed by atoms with Gasteiger partial charge in [-0.1, -0.05) is 6.08 Å². The molecule has 24 heavy (non-hydrogen) atoms. The summed E-state index contributed by atoms with van der Waals surface area (Å²) in [5.74, 6) is -0.270. The average Bonchev–Trinajstić information content (AvgIpc) is 2.79. The van der Waals surface area contributed by atoms with Crippen molar-refractivity contribution in [3.8, 4) is 0 Å². The fraction of sp³-hybridized carbons (Fsp3) is 0.737. The Hall–Kier alpha value is -1.49. The number of ether oxygens (including phenoxy) is 1. The highest BCUT2D eigenvalue weighted by atomic mass is 16.5. The molecule has 0 spiro atoms. The highest BCUT2D eigenvalue weighted by molar-refractivity contribution is 5.94. The van der Waals surface area contributed by atoms with Gasteiger partial charge in [0, 0.05) is 12.8 Å². The van der Waals surface area contributed by atoms with Gasteiger partial charge in [0.05, 0.1) is 23.0 Å². The highest BCUT2D eigenvalue weighted by Gasteiger charge is 2.62. The SMILES string of the molecule is CCOC(=O)[C@]1([C@H]2CC[C@]3(C)C(=O)CC[C@]3(O)C2)C=CC(=O)CC1. The van der Waals surface area contributed by atoms with Crippen molar-refractivity contribution >= 4 is 17.5 Å². The summed E-state index contributed by atoms with van der Waals surface area (Å²) in [4.78, 5) is 36.6. The van der Waals surface area contributed by atoms with Crippen LogP contribution < -0.4 is 0 Å². The zero-order valence-electron chi connectivity index (χ0n) is 14.5. The van der Waals surface area contributed by atoms with Crippen LogP contribution >= 0.6 is 0 Å². The largest absolute Gasteiger partial charge is 0.465 e. The first-order valence-electron chi connectivity index (χ1n) is 8.92. The number of ketones is 2. The van der Waals surface area contributed by atoms with Crippen molar-refractivity contribution in [2.45, 2.75) is 64.4 Å². The van der Waals surface area contributed by atoms with Crippen molar-refractivity contribution in [3.63, 3.8) is 0 Å². The van der Waals surface area contributed by atoms with Gasteiger partial charge in [0.15, 0.2) is 5.78 Å². The predicted molar refractivity (Wildman–Crippen MR) is 87.1 cm³/mol. The molecule has 0 amide bonds. The molecule has 0 aromatic rings. The highest BCUT2D eigenvalue weighted by Crippen LogP contribution is 2.58. The molecule has 2 saturated carbocycles. The number of Topliss-reactive ketones (excluding diaryl/α,β-unsaturated/α-hetero) is 1. The monoisotopic (exact) mass is 334 g/mol. The van der Waals surface area contributed by atoms with Crippen LogP contribution in [-0.2, 0) is 19.1 Å². The minimum absolute atomic E-state index is 0.0188. The summed E-state index contributed by atoms with van der Waals surface area (Å²) in [5, 5.41) is 11.2. The Kier molecular flexibility index (Phi) is 4.19. The lowest BCUT2D eigenvalue weighted by atomic mass is 9.55. The second-order valence-electron chi connectivity index (χ2n) is 7.79. The molecule has 1 N–H and O–H groups in total. The fourth-order valence-electron chi connectivity index (χ4n) is 4.92. The van der Waals surface area contributed by atoms with Gasteiger partial charge >= 0.3 is 5.97 Å². The van der Waals surface area contributed by atoms with Crippen molar-refractivity contribution < 1.29 is 24.2 Å². The minimum Gasteiger partial charge on any atom is -0.465 e. The lowest BCUT2D eigenvalue weighted by molar-refractivity contribution is -0.166. The predicted octanol–water partition coefficient (Wildman–Crippen LogP) is 2.36. The van der Waals surface area contributed by atoms with E-state index in [1.54, 1.807) is 13.0 Å². The molecule has 3 rings (SSSR count). The van der Waals surface area contributed by atoms with E-state index in [1.807, 2.05) is 6.92 Å². The molecule has 5 heteroatoms. The fourth-order valence-corrected chi connectivity index (χ4v) is 4.92. The molecule has 132 valence electrons. The van der Waals surface area contributed by atoms with Gasteiger partial charge in [0.1, 0.15) is 5.78 Å². The average molecular weight is 334 g/mol. The summed E-state index contributed by atoms with van der Waals surface area (Å²) in [6.45, 7) is 3.91. The van der Waals surface area contributed by atoms with Gasteiger partial charge in [-0.25, -0.2) is 0 Å². The van der Waals surface area contributed by atoms with Gasteiger partial charge in [-0.2, -0.15) is 0 Å². The molecule has 5 nitrogen and oxygen atoms in total. The molecule has 0 bridgehead atoms. The number of aliphatic hydroxyl groups is 1. The second kappa shape index (κ2) is 5.80. The summed E-state index contributed by atoms with van der Waals surface area (Å²) in [6, 6.07) is 0. The van der Waals surface area contributed by atoms with Crippen molar-refractivity contribution in [1.82, 2.24) is 0 Å². The van der Waals surface area contributed by atoms with Gasteiger partial charge in [0.25, 0.3) is 0 Å². The standard InChI is InChI=1S/C19H26O5/c1-3-24-16(22)18(9-5-14(20)6-10-18)13-4-8-17(2)15(21)7-11-19(17,23)12-13/h5,9,13,23H,3-4,6-8,10-12H2,1-2H3/t13-,17+,18+,19-/m0/s1. The maximum atomic E-state index is 12.7. The Morgan fingerprint density at radius 1 is 1.29 bits per heavy atom. The number of carbonyl (C=O) groups is 3. The number of fused-ring (bicyclic) bond motifs is 1. The Balaban J connectivity index is 1.93. The van der Waals surface area contributed by atoms with Crippen LogP contribution in [0, 0.1) is 16.7 Å². The lowest BCUT2D eigenvalue weighted by Crippen LogP contribution is -2.54. The number of hydrogen-bond acceptors (Lipinski definition) is 5. The topological polar surface area (TPSA) is 80.7 Å². The van der Waals surface area contributed by atoms with E-state index in [1.165, 1.54) is 6.08 Å². The molecule has 0 heterocycles. The molecule has 0 aromatic heterocycles. The van der Waals surface area contributed by atoms with Crippen LogP contribution in [0.2, 0.25) is 0 Å². The summed E-state index contributed by atoms with van der Waals surface area (Å²) in [5.41, 5.74) is -2.61. The number of hydrogen-bond donors (Lipinski definition) is 1. The molecule has 3 aliphatic carbocycles. The van der Waals surface area contributed by atoms with Gasteiger partial charge in [0.2, 0.25) is 0 Å². The van der Waals surface area contributed by atoms with Crippen molar-refractivity contribution in [3.05, 3.63) is 12.2 Å². The molecular formula is C19H26O5. The van der Waals surface area contributed by atoms with E-state index in [0.29, 0.717) is 44.9 Å². The number of rotatable bonds is 3. The molecule has 2 fully saturated rings. The molecule has 3 aliphatic rings. The van der Waals surface area contributed by atoms with Crippen molar-refractivity contribution in [2.75, 3.05) is 6.61 Å². The first kappa shape index (κ1) is 17.3. The van der Waals surface area contributed by atoms with Crippen LogP contribution in [0.4, 0.5) is 0 Å². The first-order chi connectivity index (χ1) is 11.3. The van der Waals surface area contributed by atoms with Gasteiger partial charge < -0.3 is 9.84 Å². The van der Waals surface area contributed by atoms with E-state index < -0.39 is 16.4 Å². The zero-order valence-corrected chi connectivity index (χ0v) is 14.5. The Bertz CT molecular complexity index is 609. The maximum Gasteiger partial charge on any atom is 0.316 e. The summed E-state index contributed by atoms with van der Waals surface area (Å²) >= 11 is 0. The molecule has 0 aliphatic heterocycles. The first-order valence-corrected chi connectivity index (χ1v) is 8.92. The lowest BCUT2D eigenvalue weighted by Gasteiger charge is -2.50. The van der Waals surface area contributed by atoms with E-state index in [2.05, 4.69) is 0 Å². The van der Waals surface area contributed by atoms with E-state index in [4.69, 9.17) is 4.74 Å². The Labute approximate surface area is 142 Å². The molecular weight excluding hydrogens is 308 g/mol. The van der Waals surface area contributed by atoms with Crippen molar-refractivity contribution in [1.29, 1.82) is 0 Å². The van der Waals surface area contributed by atoms with Gasteiger partial charge in [-0.3, -0.25) is 14.4 Å². The van der Waals surface area contributed by atoms with Crippen molar-refractivity contribution in [2.24, 2.45) is 16.7 Å². The number of esters is 1. The smallest absolute Gasteiger partial charge is 0.316 e. The third-order valence-corrected chi connectivity index (χ3v) is 6.72. The van der Waals surface area contributed by atoms with E-state index in [0.717, 1.165) is 0 Å². The van der Waals surface area contributed by atoms with E-state index in [9.17, 15) is 19.5 Å². The van der Waals surface area contributed by atoms with E-state index >= 15 is 0 Å². The Morgan fingerprint density at radius 3 is 2.67 bits per heavy atom. The van der Waals surface area contributed by atoms with Gasteiger partial charge in [-0.15, -0.1) is 0 Å². The van der Waals surface area contributed by atoms with Gasteiger partial charge in [-0.05, 0) is 57.9 Å². The third-order valence-electron chi connectivity index (χ3n) is 6.72. The number of allylic oxidation sites excluding steroid dienone is 1. The summed E-state index contributed by atoms with van der Waals surface area (Å²) in [6.07, 6.45) is 6.46. The zero-order chi connectivity index (χ0) is 17.6. The third kappa shape index (κ3) is 2.36. The Morgan fingerprint density at radius 2 is 2.04 bits per heavy atom. The maximum absolute atomic E-state index is 12.7. The van der Waals surface area contributed by atoms with Crippen LogP contribution in [0.25, 0.3) is 0 Å². The summed E-state index contributed by atoms with van der Waals surface area (Å²) < 4.78 is 5.31. The molecule has 0 radical (unpaired) electrons. The normalized spacial score (nSPS) is 42.0. The van der Waals surface area contributed by atoms with E-state index in [-0.39, 0.29) is 30.1 Å². The molecule has 4 atom stereocenters. The van der Waals surface area contributed by atoms with Crippen LogP contribution in [0.1, 0.15) is 58.8 Å². The van der Waals surface area contributed by atoms with Crippen LogP contribution in [0.5, 0.6) is 0 Å². The van der Waals surface area contributed by atoms with Crippen LogP contribution in [0.3, 0.4) is 0 Å².